The zero-order valence-electron chi connectivity index (χ0n) is 33.8. The largest absolute Gasteiger partial charge is 0.472 e. The number of ether oxygens (including phenoxy) is 2. The first-order valence-electron chi connectivity index (χ1n) is 20.9. The fraction of sp³-hybridized carbons (Fsp3) is 0.721. The summed E-state index contributed by atoms with van der Waals surface area (Å²) in [6.45, 7) is 3.52. The molecule has 0 fully saturated rings. The van der Waals surface area contributed by atoms with Crippen LogP contribution in [0.3, 0.4) is 0 Å². The molecule has 0 saturated carbocycles. The molecule has 0 saturated heterocycles. The highest BCUT2D eigenvalue weighted by molar-refractivity contribution is 7.47. The molecule has 0 aliphatic heterocycles. The summed E-state index contributed by atoms with van der Waals surface area (Å²) in [5.41, 5.74) is 5.33. The molecule has 0 radical (unpaired) electrons. The van der Waals surface area contributed by atoms with Crippen molar-refractivity contribution < 1.29 is 42.7 Å². The SMILES string of the molecule is CCCCC/C=C\C=C/[C@@H](O)C/C=C\C/C=C/CCCC(=O)OC[C@H](COP(=O)(O)OCCN)OC(=O)CCCCCCC/C=C\CCCCCCCC. The summed E-state index contributed by atoms with van der Waals surface area (Å²) in [5, 5.41) is 10.0. The van der Waals surface area contributed by atoms with E-state index in [-0.39, 0.29) is 32.6 Å². The van der Waals surface area contributed by atoms with Crippen LogP contribution >= 0.6 is 7.82 Å². The summed E-state index contributed by atoms with van der Waals surface area (Å²) >= 11 is 0. The Labute approximate surface area is 328 Å². The normalized spacial score (nSPS) is 14.5. The van der Waals surface area contributed by atoms with Crippen molar-refractivity contribution in [1.82, 2.24) is 0 Å². The van der Waals surface area contributed by atoms with Gasteiger partial charge < -0.3 is 25.2 Å². The smallest absolute Gasteiger partial charge is 0.462 e. The molecule has 0 aliphatic rings. The zero-order chi connectivity index (χ0) is 39.8. The van der Waals surface area contributed by atoms with Gasteiger partial charge in [-0.05, 0) is 70.6 Å². The van der Waals surface area contributed by atoms with Crippen molar-refractivity contribution in [3.05, 3.63) is 60.8 Å². The topological polar surface area (TPSA) is 155 Å². The van der Waals surface area contributed by atoms with Crippen LogP contribution in [-0.4, -0.2) is 60.5 Å². The molecule has 4 N–H and O–H groups in total. The van der Waals surface area contributed by atoms with Crippen LogP contribution in [0.25, 0.3) is 0 Å². The second kappa shape index (κ2) is 38.9. The number of hydrogen-bond donors (Lipinski definition) is 3. The van der Waals surface area contributed by atoms with Gasteiger partial charge in [-0.2, -0.15) is 0 Å². The number of aliphatic hydroxyl groups excluding tert-OH is 1. The number of esters is 2. The summed E-state index contributed by atoms with van der Waals surface area (Å²) in [7, 11) is -4.41. The van der Waals surface area contributed by atoms with Crippen LogP contribution in [-0.2, 0) is 32.7 Å². The monoisotopic (exact) mass is 782 g/mol. The van der Waals surface area contributed by atoms with E-state index < -0.39 is 38.6 Å². The van der Waals surface area contributed by atoms with Crippen LogP contribution < -0.4 is 5.73 Å². The minimum Gasteiger partial charge on any atom is -0.462 e. The fourth-order valence-electron chi connectivity index (χ4n) is 5.29. The first-order chi connectivity index (χ1) is 26.2. The van der Waals surface area contributed by atoms with E-state index >= 15 is 0 Å². The van der Waals surface area contributed by atoms with Gasteiger partial charge in [0.2, 0.25) is 0 Å². The second-order valence-electron chi connectivity index (χ2n) is 13.7. The molecule has 0 aliphatic carbocycles. The van der Waals surface area contributed by atoms with Gasteiger partial charge in [0.05, 0.1) is 19.3 Å². The van der Waals surface area contributed by atoms with Crippen LogP contribution in [0.2, 0.25) is 0 Å². The highest BCUT2D eigenvalue weighted by atomic mass is 31.2. The standard InChI is InChI=1S/C43H76NO9P/c1-3-5-7-9-11-12-13-14-15-16-17-18-22-27-31-35-43(47)53-41(39-52-54(48,49)51-37-36-44)38-50-42(46)34-30-26-23-19-21-25-29-33-40(45)32-28-24-20-10-8-6-4-2/h14-15,19-20,23-25,28-29,32,40-41,45H,3-13,16-18,21-22,26-27,30-31,33-39,44H2,1-2H3,(H,48,49)/b15-14-,23-19+,24-20-,29-25-,32-28-/t40-,41-/m1/s1. The number of carbonyl (C=O) groups excluding carboxylic acids is 2. The third-order valence-corrected chi connectivity index (χ3v) is 9.44. The van der Waals surface area contributed by atoms with Gasteiger partial charge in [0.25, 0.3) is 0 Å². The summed E-state index contributed by atoms with van der Waals surface area (Å²) in [6, 6.07) is 0. The molecular weight excluding hydrogens is 705 g/mol. The molecule has 0 heterocycles. The van der Waals surface area contributed by atoms with E-state index in [2.05, 4.69) is 32.1 Å². The number of allylic oxidation sites excluding steroid dienone is 8. The van der Waals surface area contributed by atoms with Crippen LogP contribution in [0.1, 0.15) is 162 Å². The van der Waals surface area contributed by atoms with Crippen molar-refractivity contribution in [3.63, 3.8) is 0 Å². The number of phosphoric acid groups is 1. The molecule has 11 heteroatoms. The van der Waals surface area contributed by atoms with E-state index in [9.17, 15) is 24.2 Å². The minimum absolute atomic E-state index is 0.0330. The van der Waals surface area contributed by atoms with E-state index in [1.54, 1.807) is 6.08 Å². The Balaban J connectivity index is 4.36. The highest BCUT2D eigenvalue weighted by Crippen LogP contribution is 2.43. The van der Waals surface area contributed by atoms with Crippen molar-refractivity contribution in [2.24, 2.45) is 5.73 Å². The highest BCUT2D eigenvalue weighted by Gasteiger charge is 2.25. The van der Waals surface area contributed by atoms with Gasteiger partial charge in [-0.1, -0.05) is 139 Å². The number of unbranched alkanes of at least 4 members (excludes halogenated alkanes) is 15. The maximum Gasteiger partial charge on any atom is 0.472 e. The van der Waals surface area contributed by atoms with E-state index in [0.717, 1.165) is 51.4 Å². The maximum absolute atomic E-state index is 12.6. The van der Waals surface area contributed by atoms with Crippen molar-refractivity contribution in [3.8, 4) is 0 Å². The predicted molar refractivity (Wildman–Crippen MR) is 221 cm³/mol. The number of hydrogen-bond acceptors (Lipinski definition) is 9. The van der Waals surface area contributed by atoms with E-state index in [1.807, 2.05) is 36.5 Å². The molecule has 0 bridgehead atoms. The molecule has 312 valence electrons. The third kappa shape index (κ3) is 38.0. The van der Waals surface area contributed by atoms with Crippen molar-refractivity contribution >= 4 is 19.8 Å². The summed E-state index contributed by atoms with van der Waals surface area (Å²) < 4.78 is 32.6. The number of nitrogens with two attached hydrogens (primary N) is 1. The van der Waals surface area contributed by atoms with Gasteiger partial charge in [-0.25, -0.2) is 4.57 Å². The molecule has 54 heavy (non-hydrogen) atoms. The maximum atomic E-state index is 12.6. The molecule has 0 amide bonds. The molecule has 1 unspecified atom stereocenters. The molecule has 10 nitrogen and oxygen atoms in total. The third-order valence-electron chi connectivity index (χ3n) is 8.46. The predicted octanol–water partition coefficient (Wildman–Crippen LogP) is 10.7. The van der Waals surface area contributed by atoms with E-state index in [0.29, 0.717) is 25.7 Å². The lowest BCUT2D eigenvalue weighted by Crippen LogP contribution is -2.29. The number of aliphatic hydroxyl groups is 1. The molecule has 0 aromatic heterocycles. The Hall–Kier alpha value is -2.33. The van der Waals surface area contributed by atoms with Crippen LogP contribution in [0.15, 0.2) is 60.8 Å². The first kappa shape index (κ1) is 51.7. The number of phosphoric ester groups is 1. The van der Waals surface area contributed by atoms with E-state index in [4.69, 9.17) is 24.3 Å². The summed E-state index contributed by atoms with van der Waals surface area (Å²) in [4.78, 5) is 34.8. The lowest BCUT2D eigenvalue weighted by Gasteiger charge is -2.19. The molecule has 0 aromatic carbocycles. The number of rotatable bonds is 38. The Morgan fingerprint density at radius 2 is 1.20 bits per heavy atom. The lowest BCUT2D eigenvalue weighted by atomic mass is 10.1. The average Bonchev–Trinajstić information content (AvgIpc) is 3.15. The van der Waals surface area contributed by atoms with Gasteiger partial charge in [-0.3, -0.25) is 18.6 Å². The first-order valence-corrected chi connectivity index (χ1v) is 22.4. The molecule has 0 aromatic rings. The van der Waals surface area contributed by atoms with Crippen molar-refractivity contribution in [2.45, 2.75) is 174 Å². The second-order valence-corrected chi connectivity index (χ2v) is 15.2. The van der Waals surface area contributed by atoms with Crippen molar-refractivity contribution in [1.29, 1.82) is 0 Å². The minimum atomic E-state index is -4.41. The molecule has 0 spiro atoms. The molecule has 0 rings (SSSR count). The van der Waals surface area contributed by atoms with Crippen LogP contribution in [0.4, 0.5) is 0 Å². The average molecular weight is 782 g/mol. The quantitative estimate of drug-likeness (QED) is 0.0181. The lowest BCUT2D eigenvalue weighted by molar-refractivity contribution is -0.161. The fourth-order valence-corrected chi connectivity index (χ4v) is 6.05. The van der Waals surface area contributed by atoms with Gasteiger partial charge in [0.15, 0.2) is 6.10 Å². The Kier molecular flexibility index (Phi) is 37.2. The Bertz CT molecular complexity index is 1090. The van der Waals surface area contributed by atoms with E-state index in [1.165, 1.54) is 57.8 Å². The van der Waals surface area contributed by atoms with Gasteiger partial charge in [-0.15, -0.1) is 0 Å². The number of carbonyl (C=O) groups is 2. The zero-order valence-corrected chi connectivity index (χ0v) is 34.7. The van der Waals surface area contributed by atoms with Gasteiger partial charge in [0.1, 0.15) is 6.61 Å². The Morgan fingerprint density at radius 1 is 0.648 bits per heavy atom. The summed E-state index contributed by atoms with van der Waals surface area (Å²) in [6.07, 6.45) is 41.4. The van der Waals surface area contributed by atoms with Gasteiger partial charge >= 0.3 is 19.8 Å². The molecule has 3 atom stereocenters. The summed E-state index contributed by atoms with van der Waals surface area (Å²) in [5.74, 6) is -0.950. The Morgan fingerprint density at radius 3 is 1.91 bits per heavy atom. The van der Waals surface area contributed by atoms with Crippen LogP contribution in [0.5, 0.6) is 0 Å². The van der Waals surface area contributed by atoms with Crippen LogP contribution in [0, 0.1) is 0 Å². The van der Waals surface area contributed by atoms with Gasteiger partial charge in [0, 0.05) is 19.4 Å². The molecular formula is C43H76NO9P. The van der Waals surface area contributed by atoms with Crippen molar-refractivity contribution in [2.75, 3.05) is 26.4 Å².